The highest BCUT2D eigenvalue weighted by Crippen LogP contribution is 2.11. The van der Waals surface area contributed by atoms with E-state index in [-0.39, 0.29) is 12.5 Å². The van der Waals surface area contributed by atoms with Gasteiger partial charge in [-0.1, -0.05) is 30.3 Å². The molecule has 0 unspecified atom stereocenters. The minimum atomic E-state index is -0.543. The summed E-state index contributed by atoms with van der Waals surface area (Å²) in [6.07, 6.45) is 3.56. The smallest absolute Gasteiger partial charge is 0.408 e. The van der Waals surface area contributed by atoms with Crippen molar-refractivity contribution in [2.24, 2.45) is 0 Å². The van der Waals surface area contributed by atoms with E-state index in [0.29, 0.717) is 17.6 Å². The van der Waals surface area contributed by atoms with Crippen molar-refractivity contribution in [1.29, 1.82) is 0 Å². The van der Waals surface area contributed by atoms with Crippen LogP contribution in [0.25, 0.3) is 16.8 Å². The lowest BCUT2D eigenvalue weighted by atomic mass is 10.3. The van der Waals surface area contributed by atoms with Crippen molar-refractivity contribution in [3.8, 4) is 5.69 Å². The summed E-state index contributed by atoms with van der Waals surface area (Å²) in [6.45, 7) is 0.235. The third-order valence-electron chi connectivity index (χ3n) is 4.02. The number of hydrogen-bond acceptors (Lipinski definition) is 4. The predicted octanol–water partition coefficient (Wildman–Crippen LogP) is 2.10. The van der Waals surface area contributed by atoms with Crippen molar-refractivity contribution in [3.05, 3.63) is 83.1 Å². The first-order valence-corrected chi connectivity index (χ1v) is 8.15. The molecule has 2 aromatic heterocycles. The van der Waals surface area contributed by atoms with Crippen molar-refractivity contribution < 1.29 is 9.21 Å². The highest BCUT2D eigenvalue weighted by molar-refractivity contribution is 5.79. The van der Waals surface area contributed by atoms with Crippen LogP contribution < -0.4 is 11.1 Å². The van der Waals surface area contributed by atoms with Gasteiger partial charge >= 0.3 is 5.76 Å². The quantitative estimate of drug-likeness (QED) is 0.599. The van der Waals surface area contributed by atoms with Crippen molar-refractivity contribution in [3.63, 3.8) is 0 Å². The maximum absolute atomic E-state index is 12.2. The number of rotatable bonds is 5. The number of amides is 1. The van der Waals surface area contributed by atoms with Gasteiger partial charge in [0.1, 0.15) is 6.54 Å². The van der Waals surface area contributed by atoms with Crippen molar-refractivity contribution in [2.75, 3.05) is 0 Å². The maximum Gasteiger partial charge on any atom is 0.420 e. The van der Waals surface area contributed by atoms with Gasteiger partial charge in [-0.05, 0) is 24.3 Å². The van der Waals surface area contributed by atoms with Crippen LogP contribution in [-0.4, -0.2) is 20.3 Å². The molecule has 0 atom stereocenters. The van der Waals surface area contributed by atoms with E-state index in [9.17, 15) is 9.59 Å². The van der Waals surface area contributed by atoms with Gasteiger partial charge < -0.3 is 9.73 Å². The van der Waals surface area contributed by atoms with Crippen LogP contribution in [0.5, 0.6) is 0 Å². The Morgan fingerprint density at radius 3 is 2.69 bits per heavy atom. The molecule has 2 aromatic carbocycles. The van der Waals surface area contributed by atoms with Crippen LogP contribution in [0.4, 0.5) is 0 Å². The fourth-order valence-electron chi connectivity index (χ4n) is 2.74. The second kappa shape index (κ2) is 6.72. The Labute approximate surface area is 148 Å². The molecular weight excluding hydrogens is 332 g/mol. The molecule has 0 saturated carbocycles. The lowest BCUT2D eigenvalue weighted by Crippen LogP contribution is -2.30. The SMILES string of the molecule is O=C(Cn1c(=O)oc2ccccc21)NCc1cnn(-c2ccccc2)c1. The fourth-order valence-corrected chi connectivity index (χ4v) is 2.74. The van der Waals surface area contributed by atoms with Crippen LogP contribution in [0.15, 0.2) is 76.2 Å². The number of carbonyl (C=O) groups is 1. The van der Waals surface area contributed by atoms with Crippen molar-refractivity contribution in [2.45, 2.75) is 13.1 Å². The number of hydrogen-bond donors (Lipinski definition) is 1. The van der Waals surface area contributed by atoms with Crippen LogP contribution in [0.2, 0.25) is 0 Å². The lowest BCUT2D eigenvalue weighted by molar-refractivity contribution is -0.121. The summed E-state index contributed by atoms with van der Waals surface area (Å²) < 4.78 is 8.19. The van der Waals surface area contributed by atoms with Gasteiger partial charge in [-0.3, -0.25) is 9.36 Å². The second-order valence-electron chi connectivity index (χ2n) is 5.83. The molecule has 4 aromatic rings. The van der Waals surface area contributed by atoms with Crippen LogP contribution >= 0.6 is 0 Å². The Hall–Kier alpha value is -3.61. The number of benzene rings is 2. The number of oxazole rings is 1. The summed E-state index contributed by atoms with van der Waals surface area (Å²) in [7, 11) is 0. The molecule has 0 aliphatic heterocycles. The Morgan fingerprint density at radius 1 is 1.08 bits per heavy atom. The molecule has 0 spiro atoms. The summed E-state index contributed by atoms with van der Waals surface area (Å²) in [5, 5.41) is 7.09. The van der Waals surface area contributed by atoms with Gasteiger partial charge in [0, 0.05) is 18.3 Å². The number of carbonyl (C=O) groups excluding carboxylic acids is 1. The number of nitrogens with zero attached hydrogens (tertiary/aromatic N) is 3. The average molecular weight is 348 g/mol. The summed E-state index contributed by atoms with van der Waals surface area (Å²) in [6, 6.07) is 16.7. The number of aromatic nitrogens is 3. The second-order valence-corrected chi connectivity index (χ2v) is 5.83. The summed E-state index contributed by atoms with van der Waals surface area (Å²) >= 11 is 0. The largest absolute Gasteiger partial charge is 0.420 e. The molecule has 130 valence electrons. The topological polar surface area (TPSA) is 82.1 Å². The monoisotopic (exact) mass is 348 g/mol. The number of nitrogens with one attached hydrogen (secondary N) is 1. The summed E-state index contributed by atoms with van der Waals surface area (Å²) in [5.41, 5.74) is 2.88. The Bertz CT molecular complexity index is 1110. The lowest BCUT2D eigenvalue weighted by Gasteiger charge is -2.04. The van der Waals surface area contributed by atoms with Gasteiger partial charge in [-0.25, -0.2) is 9.48 Å². The Balaban J connectivity index is 1.42. The molecule has 7 heteroatoms. The molecule has 4 rings (SSSR count). The van der Waals surface area contributed by atoms with E-state index in [1.54, 1.807) is 35.1 Å². The molecule has 0 saturated heterocycles. The van der Waals surface area contributed by atoms with E-state index in [4.69, 9.17) is 4.42 Å². The van der Waals surface area contributed by atoms with Gasteiger partial charge in [0.05, 0.1) is 17.4 Å². The number of para-hydroxylation sites is 3. The highest BCUT2D eigenvalue weighted by Gasteiger charge is 2.12. The molecule has 0 aliphatic rings. The van der Waals surface area contributed by atoms with E-state index in [1.807, 2.05) is 36.5 Å². The van der Waals surface area contributed by atoms with E-state index >= 15 is 0 Å². The van der Waals surface area contributed by atoms with Gasteiger partial charge in [0.15, 0.2) is 5.58 Å². The normalized spacial score (nSPS) is 10.9. The van der Waals surface area contributed by atoms with E-state index in [2.05, 4.69) is 10.4 Å². The molecule has 2 heterocycles. The van der Waals surface area contributed by atoms with Crippen LogP contribution in [0.1, 0.15) is 5.56 Å². The van der Waals surface area contributed by atoms with Gasteiger partial charge in [0.2, 0.25) is 5.91 Å². The highest BCUT2D eigenvalue weighted by atomic mass is 16.4. The van der Waals surface area contributed by atoms with Crippen LogP contribution in [0, 0.1) is 0 Å². The zero-order valence-electron chi connectivity index (χ0n) is 13.8. The molecule has 0 aliphatic carbocycles. The van der Waals surface area contributed by atoms with Gasteiger partial charge in [0.25, 0.3) is 0 Å². The third kappa shape index (κ3) is 3.14. The van der Waals surface area contributed by atoms with Crippen molar-refractivity contribution in [1.82, 2.24) is 19.7 Å². The fraction of sp³-hybridized carbons (Fsp3) is 0.105. The Kier molecular flexibility index (Phi) is 4.10. The minimum Gasteiger partial charge on any atom is -0.408 e. The van der Waals surface area contributed by atoms with Crippen LogP contribution in [0.3, 0.4) is 0 Å². The van der Waals surface area contributed by atoms with Gasteiger partial charge in [-0.15, -0.1) is 0 Å². The standard InChI is InChI=1S/C19H16N4O3/c24-18(13-22-16-8-4-5-9-17(16)26-19(22)25)20-10-14-11-21-23(12-14)15-6-2-1-3-7-15/h1-9,11-12H,10,13H2,(H,20,24). The van der Waals surface area contributed by atoms with Crippen LogP contribution in [-0.2, 0) is 17.9 Å². The number of fused-ring (bicyclic) bond motifs is 1. The maximum atomic E-state index is 12.2. The molecule has 7 nitrogen and oxygen atoms in total. The third-order valence-corrected chi connectivity index (χ3v) is 4.02. The molecule has 1 N–H and O–H groups in total. The first kappa shape index (κ1) is 15.9. The Morgan fingerprint density at radius 2 is 1.85 bits per heavy atom. The van der Waals surface area contributed by atoms with Crippen molar-refractivity contribution >= 4 is 17.0 Å². The molecule has 0 fully saturated rings. The summed E-state index contributed by atoms with van der Waals surface area (Å²) in [5.74, 6) is -0.815. The molecular formula is C19H16N4O3. The molecule has 0 radical (unpaired) electrons. The molecule has 1 amide bonds. The molecule has 26 heavy (non-hydrogen) atoms. The zero-order valence-corrected chi connectivity index (χ0v) is 13.8. The first-order valence-electron chi connectivity index (χ1n) is 8.15. The minimum absolute atomic E-state index is 0.0946. The first-order chi connectivity index (χ1) is 12.7. The zero-order chi connectivity index (χ0) is 17.9. The van der Waals surface area contributed by atoms with E-state index in [1.165, 1.54) is 4.57 Å². The van der Waals surface area contributed by atoms with Gasteiger partial charge in [-0.2, -0.15) is 5.10 Å². The average Bonchev–Trinajstić information content (AvgIpc) is 3.26. The van der Waals surface area contributed by atoms with E-state index < -0.39 is 5.76 Å². The summed E-state index contributed by atoms with van der Waals surface area (Å²) in [4.78, 5) is 24.1. The molecule has 0 bridgehead atoms. The van der Waals surface area contributed by atoms with E-state index in [0.717, 1.165) is 11.3 Å². The predicted molar refractivity (Wildman–Crippen MR) is 95.9 cm³/mol.